The lowest BCUT2D eigenvalue weighted by Crippen LogP contribution is -2.32. The number of unbranched alkanes of at least 4 members (excludes halogenated alkanes) is 4. The molecule has 0 fully saturated rings. The molecule has 0 aliphatic carbocycles. The zero-order valence-corrected chi connectivity index (χ0v) is 11.9. The highest BCUT2D eigenvalue weighted by Crippen LogP contribution is 2.25. The molecule has 16 heavy (non-hydrogen) atoms. The minimum Gasteiger partial charge on any atom is -0.344 e. The summed E-state index contributed by atoms with van der Waals surface area (Å²) in [5.74, 6) is 0. The molecule has 0 aromatic heterocycles. The molecule has 0 aromatic rings. The van der Waals surface area contributed by atoms with Crippen LogP contribution in [0, 0.1) is 0 Å². The van der Waals surface area contributed by atoms with E-state index in [4.69, 9.17) is 0 Å². The van der Waals surface area contributed by atoms with Crippen LogP contribution in [0.15, 0.2) is 0 Å². The normalized spacial score (nSPS) is 12.2. The molecule has 0 rings (SSSR count). The van der Waals surface area contributed by atoms with Crippen LogP contribution in [-0.2, 0) is 14.3 Å². The van der Waals surface area contributed by atoms with Gasteiger partial charge in [-0.25, -0.2) is 0 Å². The Morgan fingerprint density at radius 1 is 1.06 bits per heavy atom. The first kappa shape index (κ1) is 18.2. The van der Waals surface area contributed by atoms with Gasteiger partial charge in [-0.05, 0) is 20.3 Å². The Labute approximate surface area is 100 Å². The van der Waals surface area contributed by atoms with Crippen LogP contribution < -0.4 is 6.15 Å². The van der Waals surface area contributed by atoms with Crippen LogP contribution in [0.2, 0.25) is 0 Å². The van der Waals surface area contributed by atoms with E-state index in [2.05, 4.69) is 11.1 Å². The van der Waals surface area contributed by atoms with Gasteiger partial charge in [-0.15, -0.1) is 0 Å². The third-order valence-electron chi connectivity index (χ3n) is 2.78. The molecule has 0 unspecified atom stereocenters. The van der Waals surface area contributed by atoms with Crippen LogP contribution in [0.3, 0.4) is 0 Å². The van der Waals surface area contributed by atoms with Crippen molar-refractivity contribution in [2.45, 2.75) is 64.0 Å². The fraction of sp³-hybridized carbons (Fsp3) is 1.00. The van der Waals surface area contributed by atoms with Gasteiger partial charge in [0.1, 0.15) is 0 Å². The van der Waals surface area contributed by atoms with Crippen LogP contribution in [0.5, 0.6) is 0 Å². The Hall–Kier alpha value is -0.130. The summed E-state index contributed by atoms with van der Waals surface area (Å²) in [6.45, 7) is 5.62. The molecular formula is C11H27NO3S. The van der Waals surface area contributed by atoms with Gasteiger partial charge in [0, 0.05) is 0 Å². The van der Waals surface area contributed by atoms with Crippen molar-refractivity contribution in [3.63, 3.8) is 0 Å². The molecule has 5 heteroatoms. The molecule has 0 spiro atoms. The summed E-state index contributed by atoms with van der Waals surface area (Å²) in [5.41, 5.74) is 0. The van der Waals surface area contributed by atoms with Crippen LogP contribution in [0.4, 0.5) is 0 Å². The summed E-state index contributed by atoms with van der Waals surface area (Å²) in [4.78, 5) is 0. The summed E-state index contributed by atoms with van der Waals surface area (Å²) in [6.07, 6.45) is 6.37. The van der Waals surface area contributed by atoms with Crippen LogP contribution in [0.25, 0.3) is 0 Å². The van der Waals surface area contributed by atoms with Gasteiger partial charge in [-0.1, -0.05) is 39.0 Å². The Morgan fingerprint density at radius 2 is 1.56 bits per heavy atom. The smallest absolute Gasteiger partial charge is 0.272 e. The summed E-state index contributed by atoms with van der Waals surface area (Å²) in [6, 6.07) is 0. The van der Waals surface area contributed by atoms with E-state index in [1.54, 1.807) is 13.8 Å². The van der Waals surface area contributed by atoms with E-state index in [1.807, 2.05) is 0 Å². The van der Waals surface area contributed by atoms with E-state index in [0.29, 0.717) is 6.42 Å². The monoisotopic (exact) mass is 253 g/mol. The maximum Gasteiger partial charge on any atom is 0.272 e. The van der Waals surface area contributed by atoms with Crippen molar-refractivity contribution in [1.82, 2.24) is 6.15 Å². The van der Waals surface area contributed by atoms with Gasteiger partial charge in [0.2, 0.25) is 0 Å². The predicted octanol–water partition coefficient (Wildman–Crippen LogP) is 3.26. The van der Waals surface area contributed by atoms with Gasteiger partial charge < -0.3 is 6.15 Å². The second-order valence-electron chi connectivity index (χ2n) is 4.54. The van der Waals surface area contributed by atoms with Gasteiger partial charge in [0.25, 0.3) is 10.1 Å². The first-order valence-electron chi connectivity index (χ1n) is 5.67. The van der Waals surface area contributed by atoms with E-state index >= 15 is 0 Å². The third kappa shape index (κ3) is 5.82. The van der Waals surface area contributed by atoms with Crippen molar-refractivity contribution in [1.29, 1.82) is 0 Å². The Bertz CT molecular complexity index is 260. The second kappa shape index (κ2) is 8.03. The van der Waals surface area contributed by atoms with E-state index in [1.165, 1.54) is 26.4 Å². The summed E-state index contributed by atoms with van der Waals surface area (Å²) < 4.78 is 26.8. The van der Waals surface area contributed by atoms with E-state index in [0.717, 1.165) is 12.8 Å². The predicted molar refractivity (Wildman–Crippen MR) is 68.4 cm³/mol. The van der Waals surface area contributed by atoms with Gasteiger partial charge in [0.05, 0.1) is 11.9 Å². The zero-order chi connectivity index (χ0) is 11.9. The molecule has 0 saturated carbocycles. The number of hydrogen-bond acceptors (Lipinski definition) is 4. The van der Waals surface area contributed by atoms with E-state index in [-0.39, 0.29) is 6.15 Å². The second-order valence-corrected chi connectivity index (χ2v) is 6.89. The first-order chi connectivity index (χ1) is 6.87. The molecule has 100 valence electrons. The highest BCUT2D eigenvalue weighted by atomic mass is 32.2. The Morgan fingerprint density at radius 3 is 2.00 bits per heavy atom. The van der Waals surface area contributed by atoms with Crippen LogP contribution >= 0.6 is 0 Å². The molecule has 0 bridgehead atoms. The average molecular weight is 253 g/mol. The van der Waals surface area contributed by atoms with Crippen molar-refractivity contribution < 1.29 is 12.6 Å². The molecule has 3 N–H and O–H groups in total. The molecule has 0 heterocycles. The van der Waals surface area contributed by atoms with Crippen molar-refractivity contribution in [3.8, 4) is 0 Å². The summed E-state index contributed by atoms with van der Waals surface area (Å²) >= 11 is 0. The lowest BCUT2D eigenvalue weighted by molar-refractivity contribution is 0.362. The highest BCUT2D eigenvalue weighted by Gasteiger charge is 2.33. The molecule has 0 atom stereocenters. The van der Waals surface area contributed by atoms with Gasteiger partial charge in [0.15, 0.2) is 0 Å². The largest absolute Gasteiger partial charge is 0.344 e. The quantitative estimate of drug-likeness (QED) is 0.532. The Kier molecular flexibility index (Phi) is 9.16. The lowest BCUT2D eigenvalue weighted by atomic mass is 10.0. The maximum absolute atomic E-state index is 11.5. The molecule has 0 aliphatic heterocycles. The van der Waals surface area contributed by atoms with Crippen molar-refractivity contribution in [2.75, 3.05) is 7.11 Å². The van der Waals surface area contributed by atoms with Gasteiger partial charge in [-0.2, -0.15) is 8.42 Å². The lowest BCUT2D eigenvalue weighted by Gasteiger charge is -2.22. The van der Waals surface area contributed by atoms with Gasteiger partial charge >= 0.3 is 0 Å². The first-order valence-corrected chi connectivity index (χ1v) is 7.08. The van der Waals surface area contributed by atoms with E-state index in [9.17, 15) is 8.42 Å². The minimum atomic E-state index is -3.39. The van der Waals surface area contributed by atoms with Crippen LogP contribution in [0.1, 0.15) is 59.3 Å². The maximum atomic E-state index is 11.5. The van der Waals surface area contributed by atoms with Crippen molar-refractivity contribution in [2.24, 2.45) is 0 Å². The molecule has 0 radical (unpaired) electrons. The summed E-state index contributed by atoms with van der Waals surface area (Å²) in [5, 5.41) is 0. The summed E-state index contributed by atoms with van der Waals surface area (Å²) in [7, 11) is -2.16. The molecule has 0 aromatic carbocycles. The van der Waals surface area contributed by atoms with Crippen LogP contribution in [-0.4, -0.2) is 20.3 Å². The molecule has 0 saturated heterocycles. The fourth-order valence-electron chi connectivity index (χ4n) is 1.50. The molecule has 0 amide bonds. The number of rotatable bonds is 8. The highest BCUT2D eigenvalue weighted by molar-refractivity contribution is 7.88. The Balaban J connectivity index is 0. The SMILES string of the molecule is CCCCCCCC(C)(C)S(=O)(=O)OC.N. The fourth-order valence-corrected chi connectivity index (χ4v) is 2.35. The standard InChI is InChI=1S/C11H24O3S.H3N/c1-5-6-7-8-9-10-11(2,3)15(12,13)14-4;/h5-10H2,1-4H3;1H3. The van der Waals surface area contributed by atoms with Crippen molar-refractivity contribution >= 4 is 10.1 Å². The minimum absolute atomic E-state index is 0. The van der Waals surface area contributed by atoms with Gasteiger partial charge in [-0.3, -0.25) is 4.18 Å². The number of hydrogen-bond donors (Lipinski definition) is 1. The molecule has 4 nitrogen and oxygen atoms in total. The molecular weight excluding hydrogens is 226 g/mol. The van der Waals surface area contributed by atoms with Crippen molar-refractivity contribution in [3.05, 3.63) is 0 Å². The van der Waals surface area contributed by atoms with E-state index < -0.39 is 14.9 Å². The third-order valence-corrected chi connectivity index (χ3v) is 4.78. The average Bonchev–Trinajstić information content (AvgIpc) is 2.17. The molecule has 0 aliphatic rings. The topological polar surface area (TPSA) is 78.4 Å². The zero-order valence-electron chi connectivity index (χ0n) is 11.1.